The predicted molar refractivity (Wildman–Crippen MR) is 74.8 cm³/mol. The Hall–Kier alpha value is -2.30. The zero-order chi connectivity index (χ0) is 14.7. The van der Waals surface area contributed by atoms with Gasteiger partial charge in [-0.25, -0.2) is 4.79 Å². The molecular weight excluding hydrogens is 256 g/mol. The SMILES string of the molecule is COc1ccc(C)cc1[C@@H](C)OC(=O)c1cnn(C)c1. The molecule has 0 unspecified atom stereocenters. The van der Waals surface area contributed by atoms with E-state index in [1.165, 1.54) is 6.20 Å². The van der Waals surface area contributed by atoms with Crippen molar-refractivity contribution in [3.05, 3.63) is 47.3 Å². The number of nitrogens with zero attached hydrogens (tertiary/aromatic N) is 2. The molecule has 0 aliphatic heterocycles. The molecule has 20 heavy (non-hydrogen) atoms. The topological polar surface area (TPSA) is 53.4 Å². The van der Waals surface area contributed by atoms with Crippen LogP contribution in [-0.2, 0) is 11.8 Å². The second-order valence-corrected chi connectivity index (χ2v) is 4.70. The molecule has 2 rings (SSSR count). The lowest BCUT2D eigenvalue weighted by Crippen LogP contribution is -2.10. The highest BCUT2D eigenvalue weighted by Crippen LogP contribution is 2.29. The van der Waals surface area contributed by atoms with E-state index in [4.69, 9.17) is 9.47 Å². The summed E-state index contributed by atoms with van der Waals surface area (Å²) >= 11 is 0. The zero-order valence-electron chi connectivity index (χ0n) is 12.1. The van der Waals surface area contributed by atoms with E-state index >= 15 is 0 Å². The second-order valence-electron chi connectivity index (χ2n) is 4.70. The number of hydrogen-bond donors (Lipinski definition) is 0. The number of aromatic nitrogens is 2. The van der Waals surface area contributed by atoms with Crippen molar-refractivity contribution in [1.82, 2.24) is 9.78 Å². The Balaban J connectivity index is 2.17. The molecule has 5 nitrogen and oxygen atoms in total. The van der Waals surface area contributed by atoms with E-state index < -0.39 is 12.1 Å². The summed E-state index contributed by atoms with van der Waals surface area (Å²) < 4.78 is 12.3. The molecule has 106 valence electrons. The number of hydrogen-bond acceptors (Lipinski definition) is 4. The van der Waals surface area contributed by atoms with Crippen LogP contribution in [0.5, 0.6) is 5.75 Å². The fraction of sp³-hybridized carbons (Fsp3) is 0.333. The Morgan fingerprint density at radius 2 is 2.15 bits per heavy atom. The quantitative estimate of drug-likeness (QED) is 0.804. The van der Waals surface area contributed by atoms with E-state index in [1.807, 2.05) is 32.0 Å². The monoisotopic (exact) mass is 274 g/mol. The van der Waals surface area contributed by atoms with Crippen molar-refractivity contribution in [1.29, 1.82) is 0 Å². The average molecular weight is 274 g/mol. The van der Waals surface area contributed by atoms with Crippen LogP contribution in [0.4, 0.5) is 0 Å². The molecule has 0 saturated heterocycles. The summed E-state index contributed by atoms with van der Waals surface area (Å²) in [6, 6.07) is 5.79. The van der Waals surface area contributed by atoms with E-state index in [-0.39, 0.29) is 0 Å². The smallest absolute Gasteiger partial charge is 0.341 e. The molecule has 1 heterocycles. The van der Waals surface area contributed by atoms with Gasteiger partial charge in [0.15, 0.2) is 0 Å². The van der Waals surface area contributed by atoms with Crippen molar-refractivity contribution < 1.29 is 14.3 Å². The van der Waals surface area contributed by atoms with E-state index in [0.29, 0.717) is 11.3 Å². The molecular formula is C15H18N2O3. The number of carbonyl (C=O) groups is 1. The maximum atomic E-state index is 12.0. The van der Waals surface area contributed by atoms with Crippen LogP contribution in [0.15, 0.2) is 30.6 Å². The number of esters is 1. The number of ether oxygens (including phenoxy) is 2. The van der Waals surface area contributed by atoms with Gasteiger partial charge in [0.2, 0.25) is 0 Å². The fourth-order valence-electron chi connectivity index (χ4n) is 1.99. The maximum Gasteiger partial charge on any atom is 0.341 e. The minimum Gasteiger partial charge on any atom is -0.496 e. The number of aryl methyl sites for hydroxylation is 2. The molecule has 0 aliphatic carbocycles. The Labute approximate surface area is 118 Å². The predicted octanol–water partition coefficient (Wildman–Crippen LogP) is 2.66. The Morgan fingerprint density at radius 3 is 2.75 bits per heavy atom. The van der Waals surface area contributed by atoms with Gasteiger partial charge in [0.05, 0.1) is 18.9 Å². The highest BCUT2D eigenvalue weighted by Gasteiger charge is 2.18. The first-order valence-corrected chi connectivity index (χ1v) is 6.35. The minimum atomic E-state index is -0.394. The number of benzene rings is 1. The van der Waals surface area contributed by atoms with Crippen molar-refractivity contribution in [3.63, 3.8) is 0 Å². The Bertz CT molecular complexity index is 619. The molecule has 1 aromatic heterocycles. The van der Waals surface area contributed by atoms with Gasteiger partial charge in [-0.1, -0.05) is 11.6 Å². The molecule has 0 amide bonds. The van der Waals surface area contributed by atoms with Crippen LogP contribution in [0.25, 0.3) is 0 Å². The van der Waals surface area contributed by atoms with E-state index in [1.54, 1.807) is 25.0 Å². The summed E-state index contributed by atoms with van der Waals surface area (Å²) in [4.78, 5) is 12.0. The van der Waals surface area contributed by atoms with Crippen LogP contribution in [0.1, 0.15) is 34.5 Å². The number of methoxy groups -OCH3 is 1. The third kappa shape index (κ3) is 2.99. The summed E-state index contributed by atoms with van der Waals surface area (Å²) in [5.74, 6) is 0.316. The lowest BCUT2D eigenvalue weighted by atomic mass is 10.1. The van der Waals surface area contributed by atoms with Crippen molar-refractivity contribution in [2.45, 2.75) is 20.0 Å². The lowest BCUT2D eigenvalue weighted by Gasteiger charge is -2.16. The summed E-state index contributed by atoms with van der Waals surface area (Å²) in [5, 5.41) is 3.96. The van der Waals surface area contributed by atoms with Crippen LogP contribution in [-0.4, -0.2) is 22.9 Å². The fourth-order valence-corrected chi connectivity index (χ4v) is 1.99. The van der Waals surface area contributed by atoms with Crippen molar-refractivity contribution >= 4 is 5.97 Å². The van der Waals surface area contributed by atoms with Gasteiger partial charge in [0, 0.05) is 18.8 Å². The van der Waals surface area contributed by atoms with Gasteiger partial charge in [-0.2, -0.15) is 5.10 Å². The first-order valence-electron chi connectivity index (χ1n) is 6.35. The molecule has 1 aromatic carbocycles. The molecule has 0 bridgehead atoms. The molecule has 2 aromatic rings. The van der Waals surface area contributed by atoms with Crippen LogP contribution in [0.3, 0.4) is 0 Å². The average Bonchev–Trinajstić information content (AvgIpc) is 2.85. The maximum absolute atomic E-state index is 12.0. The van der Waals surface area contributed by atoms with Crippen LogP contribution in [0.2, 0.25) is 0 Å². The van der Waals surface area contributed by atoms with Crippen LogP contribution < -0.4 is 4.74 Å². The minimum absolute atomic E-state index is 0.391. The summed E-state index contributed by atoms with van der Waals surface area (Å²) in [6.07, 6.45) is 2.72. The standard InChI is InChI=1S/C15H18N2O3/c1-10-5-6-14(19-4)13(7-10)11(2)20-15(18)12-8-16-17(3)9-12/h5-9,11H,1-4H3/t11-/m1/s1. The van der Waals surface area contributed by atoms with E-state index in [9.17, 15) is 4.79 Å². The number of rotatable bonds is 4. The van der Waals surface area contributed by atoms with E-state index in [0.717, 1.165) is 11.1 Å². The van der Waals surface area contributed by atoms with Gasteiger partial charge < -0.3 is 9.47 Å². The van der Waals surface area contributed by atoms with Gasteiger partial charge in [-0.05, 0) is 26.0 Å². The van der Waals surface area contributed by atoms with E-state index in [2.05, 4.69) is 5.10 Å². The van der Waals surface area contributed by atoms with Crippen molar-refractivity contribution in [2.75, 3.05) is 7.11 Å². The normalized spacial score (nSPS) is 12.0. The molecule has 0 saturated carbocycles. The highest BCUT2D eigenvalue weighted by atomic mass is 16.5. The Morgan fingerprint density at radius 1 is 1.40 bits per heavy atom. The van der Waals surface area contributed by atoms with Crippen molar-refractivity contribution in [3.8, 4) is 5.75 Å². The largest absolute Gasteiger partial charge is 0.496 e. The molecule has 5 heteroatoms. The molecule has 0 N–H and O–H groups in total. The first-order chi connectivity index (χ1) is 9.51. The summed E-state index contributed by atoms with van der Waals surface area (Å²) in [5.41, 5.74) is 2.38. The number of carbonyl (C=O) groups excluding carboxylic acids is 1. The third-order valence-electron chi connectivity index (χ3n) is 3.05. The molecule has 0 aliphatic rings. The zero-order valence-corrected chi connectivity index (χ0v) is 12.1. The molecule has 0 fully saturated rings. The van der Waals surface area contributed by atoms with Crippen LogP contribution >= 0.6 is 0 Å². The third-order valence-corrected chi connectivity index (χ3v) is 3.05. The van der Waals surface area contributed by atoms with Gasteiger partial charge in [-0.15, -0.1) is 0 Å². The molecule has 0 spiro atoms. The van der Waals surface area contributed by atoms with Gasteiger partial charge >= 0.3 is 5.97 Å². The second kappa shape index (κ2) is 5.77. The van der Waals surface area contributed by atoms with Gasteiger partial charge in [0.1, 0.15) is 11.9 Å². The van der Waals surface area contributed by atoms with Crippen molar-refractivity contribution in [2.24, 2.45) is 7.05 Å². The summed E-state index contributed by atoms with van der Waals surface area (Å²) in [6.45, 7) is 3.81. The van der Waals surface area contributed by atoms with Gasteiger partial charge in [-0.3, -0.25) is 4.68 Å². The Kier molecular flexibility index (Phi) is 4.08. The molecule has 0 radical (unpaired) electrons. The first kappa shape index (κ1) is 14.1. The highest BCUT2D eigenvalue weighted by molar-refractivity contribution is 5.88. The van der Waals surface area contributed by atoms with Crippen LogP contribution in [0, 0.1) is 6.92 Å². The lowest BCUT2D eigenvalue weighted by molar-refractivity contribution is 0.0333. The summed E-state index contributed by atoms with van der Waals surface area (Å²) in [7, 11) is 3.35. The molecule has 1 atom stereocenters. The van der Waals surface area contributed by atoms with Gasteiger partial charge in [0.25, 0.3) is 0 Å².